The molecule has 0 aliphatic carbocycles. The first kappa shape index (κ1) is 13.8. The number of carboxylic acids is 1. The third-order valence-corrected chi connectivity index (χ3v) is 2.85. The predicted octanol–water partition coefficient (Wildman–Crippen LogP) is 4.13. The van der Waals surface area contributed by atoms with E-state index >= 15 is 0 Å². The second-order valence-electron chi connectivity index (χ2n) is 3.49. The van der Waals surface area contributed by atoms with Crippen molar-refractivity contribution in [3.63, 3.8) is 0 Å². The minimum atomic E-state index is -1.18. The molecule has 2 aromatic rings. The molecule has 19 heavy (non-hydrogen) atoms. The van der Waals surface area contributed by atoms with E-state index in [1.807, 2.05) is 0 Å². The second kappa shape index (κ2) is 5.54. The topological polar surface area (TPSA) is 59.4 Å². The summed E-state index contributed by atoms with van der Waals surface area (Å²) in [6.07, 6.45) is 1.21. The molecule has 0 saturated carbocycles. The molecule has 0 saturated heterocycles. The first-order valence-electron chi connectivity index (χ1n) is 4.99. The van der Waals surface area contributed by atoms with Gasteiger partial charge >= 0.3 is 5.97 Å². The lowest BCUT2D eigenvalue weighted by Crippen LogP contribution is -2.01. The first-order chi connectivity index (χ1) is 8.97. The van der Waals surface area contributed by atoms with Crippen molar-refractivity contribution in [2.24, 2.45) is 0 Å². The molecule has 0 amide bonds. The molecule has 0 radical (unpaired) electrons. The molecule has 0 atom stereocenters. The van der Waals surface area contributed by atoms with Crippen molar-refractivity contribution >= 4 is 33.5 Å². The molecule has 7 heteroatoms. The van der Waals surface area contributed by atoms with Crippen molar-refractivity contribution in [1.82, 2.24) is 4.98 Å². The summed E-state index contributed by atoms with van der Waals surface area (Å²) >= 11 is 8.75. The zero-order valence-electron chi connectivity index (χ0n) is 9.23. The molecule has 0 spiro atoms. The Labute approximate surface area is 120 Å². The van der Waals surface area contributed by atoms with Crippen LogP contribution in [0.1, 0.15) is 10.4 Å². The minimum absolute atomic E-state index is 0.0180. The van der Waals surface area contributed by atoms with E-state index in [2.05, 4.69) is 20.9 Å². The van der Waals surface area contributed by atoms with Crippen LogP contribution in [0.4, 0.5) is 4.39 Å². The number of nitrogens with zero attached hydrogens (tertiary/aromatic N) is 1. The van der Waals surface area contributed by atoms with E-state index < -0.39 is 11.8 Å². The summed E-state index contributed by atoms with van der Waals surface area (Å²) in [6.45, 7) is 0. The highest BCUT2D eigenvalue weighted by Crippen LogP contribution is 2.29. The third-order valence-electron chi connectivity index (χ3n) is 2.15. The largest absolute Gasteiger partial charge is 0.478 e. The molecule has 0 fully saturated rings. The maximum absolute atomic E-state index is 13.5. The first-order valence-corrected chi connectivity index (χ1v) is 6.16. The quantitative estimate of drug-likeness (QED) is 0.908. The van der Waals surface area contributed by atoms with Crippen LogP contribution in [0.15, 0.2) is 34.9 Å². The lowest BCUT2D eigenvalue weighted by Gasteiger charge is -2.09. The summed E-state index contributed by atoms with van der Waals surface area (Å²) < 4.78 is 19.3. The zero-order valence-corrected chi connectivity index (χ0v) is 11.6. The Bertz CT molecular complexity index is 651. The van der Waals surface area contributed by atoms with E-state index in [4.69, 9.17) is 21.4 Å². The Morgan fingerprint density at radius 3 is 2.79 bits per heavy atom. The van der Waals surface area contributed by atoms with E-state index in [9.17, 15) is 9.18 Å². The average molecular weight is 347 g/mol. The van der Waals surface area contributed by atoms with Gasteiger partial charge < -0.3 is 9.84 Å². The zero-order chi connectivity index (χ0) is 14.0. The molecule has 0 unspecified atom stereocenters. The highest BCUT2D eigenvalue weighted by atomic mass is 79.9. The summed E-state index contributed by atoms with van der Waals surface area (Å²) in [7, 11) is 0. The Morgan fingerprint density at radius 2 is 2.16 bits per heavy atom. The molecule has 1 aromatic carbocycles. The second-order valence-corrected chi connectivity index (χ2v) is 4.84. The van der Waals surface area contributed by atoms with Crippen LogP contribution < -0.4 is 4.74 Å². The maximum atomic E-state index is 13.5. The van der Waals surface area contributed by atoms with Crippen LogP contribution >= 0.6 is 27.5 Å². The van der Waals surface area contributed by atoms with Gasteiger partial charge in [0.15, 0.2) is 5.82 Å². The molecule has 2 rings (SSSR count). The van der Waals surface area contributed by atoms with Gasteiger partial charge in [-0.05, 0) is 24.3 Å². The van der Waals surface area contributed by atoms with Gasteiger partial charge in [-0.15, -0.1) is 0 Å². The van der Waals surface area contributed by atoms with Crippen LogP contribution in [0.5, 0.6) is 11.6 Å². The standard InChI is InChI=1S/C12H6BrClFNO3/c13-6-1-2-8(12(17)18)10(3-6)19-11-9(15)4-7(14)5-16-11/h1-5H,(H,17,18). The van der Waals surface area contributed by atoms with Crippen LogP contribution in [-0.2, 0) is 0 Å². The Hall–Kier alpha value is -1.66. The van der Waals surface area contributed by atoms with Gasteiger partial charge in [-0.3, -0.25) is 0 Å². The number of benzene rings is 1. The van der Waals surface area contributed by atoms with Crippen molar-refractivity contribution in [2.75, 3.05) is 0 Å². The average Bonchev–Trinajstić information content (AvgIpc) is 2.32. The smallest absolute Gasteiger partial charge is 0.339 e. The van der Waals surface area contributed by atoms with E-state index in [-0.39, 0.29) is 22.2 Å². The highest BCUT2D eigenvalue weighted by Gasteiger charge is 2.15. The fraction of sp³-hybridized carbons (Fsp3) is 0. The molecule has 0 aliphatic rings. The fourth-order valence-corrected chi connectivity index (χ4v) is 1.82. The molecular formula is C12H6BrClFNO3. The van der Waals surface area contributed by atoms with Crippen molar-refractivity contribution in [2.45, 2.75) is 0 Å². The molecule has 0 bridgehead atoms. The normalized spacial score (nSPS) is 10.3. The fourth-order valence-electron chi connectivity index (χ4n) is 1.34. The van der Waals surface area contributed by atoms with E-state index in [1.165, 1.54) is 18.3 Å². The molecule has 1 N–H and O–H groups in total. The molecule has 98 valence electrons. The molecule has 1 heterocycles. The van der Waals surface area contributed by atoms with Gasteiger partial charge in [0.05, 0.1) is 5.02 Å². The third kappa shape index (κ3) is 3.21. The predicted molar refractivity (Wildman–Crippen MR) is 70.4 cm³/mol. The van der Waals surface area contributed by atoms with Gasteiger partial charge in [-0.2, -0.15) is 0 Å². The van der Waals surface area contributed by atoms with Crippen molar-refractivity contribution < 1.29 is 19.0 Å². The number of aromatic nitrogens is 1. The summed E-state index contributed by atoms with van der Waals surface area (Å²) in [4.78, 5) is 14.7. The van der Waals surface area contributed by atoms with Gasteiger partial charge in [0.1, 0.15) is 11.3 Å². The van der Waals surface area contributed by atoms with Crippen LogP contribution in [0.3, 0.4) is 0 Å². The van der Waals surface area contributed by atoms with Gasteiger partial charge in [0, 0.05) is 10.7 Å². The number of carboxylic acid groups (broad SMARTS) is 1. The van der Waals surface area contributed by atoms with Gasteiger partial charge in [-0.25, -0.2) is 14.2 Å². The van der Waals surface area contributed by atoms with Crippen molar-refractivity contribution in [3.05, 3.63) is 51.3 Å². The Kier molecular flexibility index (Phi) is 4.01. The summed E-state index contributed by atoms with van der Waals surface area (Å²) in [5.41, 5.74) is -0.0978. The van der Waals surface area contributed by atoms with Gasteiger partial charge in [0.25, 0.3) is 5.88 Å². The molecule has 1 aromatic heterocycles. The SMILES string of the molecule is O=C(O)c1ccc(Br)cc1Oc1ncc(Cl)cc1F. The van der Waals surface area contributed by atoms with Crippen LogP contribution in [0.25, 0.3) is 0 Å². The Morgan fingerprint density at radius 1 is 1.42 bits per heavy atom. The Balaban J connectivity index is 2.42. The number of aromatic carboxylic acids is 1. The number of carbonyl (C=O) groups is 1. The lowest BCUT2D eigenvalue weighted by molar-refractivity contribution is 0.0694. The van der Waals surface area contributed by atoms with Gasteiger partial charge in [0.2, 0.25) is 0 Å². The van der Waals surface area contributed by atoms with Crippen molar-refractivity contribution in [3.8, 4) is 11.6 Å². The van der Waals surface area contributed by atoms with E-state index in [0.717, 1.165) is 6.07 Å². The monoisotopic (exact) mass is 345 g/mol. The summed E-state index contributed by atoms with van der Waals surface area (Å²) in [6, 6.07) is 5.33. The number of hydrogen-bond acceptors (Lipinski definition) is 3. The lowest BCUT2D eigenvalue weighted by atomic mass is 10.2. The molecule has 4 nitrogen and oxygen atoms in total. The van der Waals surface area contributed by atoms with Crippen molar-refractivity contribution in [1.29, 1.82) is 0 Å². The van der Waals surface area contributed by atoms with E-state index in [1.54, 1.807) is 6.07 Å². The number of hydrogen-bond donors (Lipinski definition) is 1. The highest BCUT2D eigenvalue weighted by molar-refractivity contribution is 9.10. The summed E-state index contributed by atoms with van der Waals surface area (Å²) in [5.74, 6) is -2.32. The number of ether oxygens (including phenoxy) is 1. The number of halogens is 3. The molecule has 0 aliphatic heterocycles. The molecular weight excluding hydrogens is 340 g/mol. The van der Waals surface area contributed by atoms with Crippen LogP contribution in [0, 0.1) is 5.82 Å². The number of rotatable bonds is 3. The van der Waals surface area contributed by atoms with Crippen LogP contribution in [0.2, 0.25) is 5.02 Å². The number of pyridine rings is 1. The maximum Gasteiger partial charge on any atom is 0.339 e. The van der Waals surface area contributed by atoms with E-state index in [0.29, 0.717) is 4.47 Å². The van der Waals surface area contributed by atoms with Gasteiger partial charge in [-0.1, -0.05) is 27.5 Å². The van der Waals surface area contributed by atoms with Crippen LogP contribution in [-0.4, -0.2) is 16.1 Å². The summed E-state index contributed by atoms with van der Waals surface area (Å²) in [5, 5.41) is 9.14. The minimum Gasteiger partial charge on any atom is -0.478 e.